The highest BCUT2D eigenvalue weighted by Gasteiger charge is 2.25. The summed E-state index contributed by atoms with van der Waals surface area (Å²) in [4.78, 5) is 18.5. The minimum atomic E-state index is 0.200. The topological polar surface area (TPSA) is 61.9 Å². The molecule has 1 aliphatic heterocycles. The molecule has 0 spiro atoms. The third-order valence-electron chi connectivity index (χ3n) is 3.39. The molecular formula is C13H22N4OS. The zero-order valence-electron chi connectivity index (χ0n) is 11.8. The van der Waals surface area contributed by atoms with Gasteiger partial charge in [0.25, 0.3) is 0 Å². The number of thioether (sulfide) groups is 1. The summed E-state index contributed by atoms with van der Waals surface area (Å²) >= 11 is 1.42. The predicted molar refractivity (Wildman–Crippen MR) is 76.0 cm³/mol. The molecule has 1 aromatic rings. The Labute approximate surface area is 118 Å². The van der Waals surface area contributed by atoms with Gasteiger partial charge in [-0.3, -0.25) is 9.89 Å². The molecule has 2 unspecified atom stereocenters. The second-order valence-corrected chi connectivity index (χ2v) is 6.39. The highest BCUT2D eigenvalue weighted by atomic mass is 32.2. The number of H-pyrrole nitrogens is 1. The molecule has 0 aromatic carbocycles. The minimum absolute atomic E-state index is 0.200. The number of piperidine rings is 1. The summed E-state index contributed by atoms with van der Waals surface area (Å²) in [6.45, 7) is 8.23. The van der Waals surface area contributed by atoms with Crippen LogP contribution in [0.25, 0.3) is 0 Å². The van der Waals surface area contributed by atoms with E-state index < -0.39 is 0 Å². The van der Waals surface area contributed by atoms with E-state index in [9.17, 15) is 4.79 Å². The number of hydrogen-bond donors (Lipinski definition) is 1. The van der Waals surface area contributed by atoms with Crippen molar-refractivity contribution in [2.24, 2.45) is 11.8 Å². The molecule has 6 heteroatoms. The average molecular weight is 282 g/mol. The van der Waals surface area contributed by atoms with Crippen molar-refractivity contribution in [1.82, 2.24) is 20.1 Å². The van der Waals surface area contributed by atoms with Crippen molar-refractivity contribution < 1.29 is 4.79 Å². The average Bonchev–Trinajstić information content (AvgIpc) is 2.82. The summed E-state index contributed by atoms with van der Waals surface area (Å²) in [5, 5.41) is 7.63. The number of carbonyl (C=O) groups is 1. The summed E-state index contributed by atoms with van der Waals surface area (Å²) in [5.41, 5.74) is 0. The van der Waals surface area contributed by atoms with Crippen LogP contribution in [0.15, 0.2) is 5.16 Å². The smallest absolute Gasteiger partial charge is 0.233 e. The van der Waals surface area contributed by atoms with E-state index in [0.29, 0.717) is 22.7 Å². The molecule has 0 bridgehead atoms. The van der Waals surface area contributed by atoms with Gasteiger partial charge in [0.2, 0.25) is 11.1 Å². The van der Waals surface area contributed by atoms with Gasteiger partial charge in [-0.1, -0.05) is 32.5 Å². The third-order valence-corrected chi connectivity index (χ3v) is 4.22. The lowest BCUT2D eigenvalue weighted by Crippen LogP contribution is -2.43. The van der Waals surface area contributed by atoms with E-state index in [4.69, 9.17) is 0 Å². The molecule has 0 radical (unpaired) electrons. The number of carbonyl (C=O) groups excluding carboxylic acids is 1. The van der Waals surface area contributed by atoms with Crippen molar-refractivity contribution in [3.05, 3.63) is 5.82 Å². The molecule has 1 N–H and O–H groups in total. The lowest BCUT2D eigenvalue weighted by Gasteiger charge is -2.34. The van der Waals surface area contributed by atoms with Gasteiger partial charge in [0.05, 0.1) is 5.75 Å². The van der Waals surface area contributed by atoms with Crippen molar-refractivity contribution in [3.8, 4) is 0 Å². The molecule has 0 saturated carbocycles. The molecule has 2 atom stereocenters. The number of aromatic amines is 1. The van der Waals surface area contributed by atoms with Gasteiger partial charge in [0.1, 0.15) is 5.82 Å². The largest absolute Gasteiger partial charge is 0.341 e. The van der Waals surface area contributed by atoms with Crippen LogP contribution in [0.3, 0.4) is 0 Å². The van der Waals surface area contributed by atoms with Gasteiger partial charge >= 0.3 is 0 Å². The Kier molecular flexibility index (Phi) is 4.85. The summed E-state index contributed by atoms with van der Waals surface area (Å²) in [6.07, 6.45) is 2.06. The first-order valence-corrected chi connectivity index (χ1v) is 7.88. The Morgan fingerprint density at radius 2 is 2.11 bits per heavy atom. The predicted octanol–water partition coefficient (Wildman–Crippen LogP) is 1.96. The van der Waals surface area contributed by atoms with E-state index in [1.54, 1.807) is 0 Å². The third kappa shape index (κ3) is 3.96. The van der Waals surface area contributed by atoms with E-state index in [0.717, 1.165) is 25.3 Å². The molecular weight excluding hydrogens is 260 g/mol. The van der Waals surface area contributed by atoms with Crippen LogP contribution in [-0.4, -0.2) is 44.8 Å². The molecule has 1 fully saturated rings. The Hall–Kier alpha value is -1.04. The Bertz CT molecular complexity index is 424. The van der Waals surface area contributed by atoms with Gasteiger partial charge in [0.15, 0.2) is 0 Å². The van der Waals surface area contributed by atoms with Crippen LogP contribution < -0.4 is 0 Å². The van der Waals surface area contributed by atoms with Crippen LogP contribution in [0, 0.1) is 11.8 Å². The van der Waals surface area contributed by atoms with Crippen LogP contribution in [0.5, 0.6) is 0 Å². The van der Waals surface area contributed by atoms with Crippen molar-refractivity contribution >= 4 is 17.7 Å². The molecule has 1 aromatic heterocycles. The fraction of sp³-hybridized carbons (Fsp3) is 0.769. The molecule has 0 aliphatic carbocycles. The number of hydrogen-bond acceptors (Lipinski definition) is 4. The zero-order chi connectivity index (χ0) is 13.8. The summed E-state index contributed by atoms with van der Waals surface area (Å²) in [5.74, 6) is 2.71. The zero-order valence-corrected chi connectivity index (χ0v) is 12.7. The fourth-order valence-corrected chi connectivity index (χ4v) is 3.30. The first kappa shape index (κ1) is 14.4. The quantitative estimate of drug-likeness (QED) is 0.858. The number of amides is 1. The molecule has 106 valence electrons. The van der Waals surface area contributed by atoms with Gasteiger partial charge < -0.3 is 4.90 Å². The van der Waals surface area contributed by atoms with Gasteiger partial charge in [-0.25, -0.2) is 4.98 Å². The molecule has 1 saturated heterocycles. The minimum Gasteiger partial charge on any atom is -0.341 e. The Balaban J connectivity index is 1.83. The van der Waals surface area contributed by atoms with Crippen LogP contribution in [-0.2, 0) is 11.2 Å². The lowest BCUT2D eigenvalue weighted by atomic mass is 9.92. The highest BCUT2D eigenvalue weighted by Crippen LogP contribution is 2.22. The number of aromatic nitrogens is 3. The number of nitrogens with zero attached hydrogens (tertiary/aromatic N) is 3. The molecule has 1 amide bonds. The molecule has 5 nitrogen and oxygen atoms in total. The van der Waals surface area contributed by atoms with Crippen LogP contribution in [0.2, 0.25) is 0 Å². The first-order valence-electron chi connectivity index (χ1n) is 6.90. The second kappa shape index (κ2) is 6.41. The van der Waals surface area contributed by atoms with Gasteiger partial charge in [-0.05, 0) is 18.3 Å². The van der Waals surface area contributed by atoms with E-state index in [1.165, 1.54) is 18.2 Å². The standard InChI is InChI=1S/C13H22N4OS/c1-4-11-14-13(16-15-11)19-8-12(18)17-6-9(2)5-10(3)7-17/h9-10H,4-8H2,1-3H3,(H,14,15,16). The van der Waals surface area contributed by atoms with Crippen LogP contribution >= 0.6 is 11.8 Å². The first-order chi connectivity index (χ1) is 9.08. The van der Waals surface area contributed by atoms with Crippen molar-refractivity contribution in [1.29, 1.82) is 0 Å². The number of nitrogens with one attached hydrogen (secondary N) is 1. The van der Waals surface area contributed by atoms with E-state index in [1.807, 2.05) is 11.8 Å². The second-order valence-electron chi connectivity index (χ2n) is 5.45. The van der Waals surface area contributed by atoms with E-state index >= 15 is 0 Å². The van der Waals surface area contributed by atoms with E-state index in [2.05, 4.69) is 29.0 Å². The Morgan fingerprint density at radius 3 is 2.68 bits per heavy atom. The molecule has 19 heavy (non-hydrogen) atoms. The maximum atomic E-state index is 12.2. The summed E-state index contributed by atoms with van der Waals surface area (Å²) < 4.78 is 0. The summed E-state index contributed by atoms with van der Waals surface area (Å²) in [7, 11) is 0. The lowest BCUT2D eigenvalue weighted by molar-refractivity contribution is -0.130. The van der Waals surface area contributed by atoms with Crippen LogP contribution in [0.1, 0.15) is 33.0 Å². The number of likely N-dealkylation sites (tertiary alicyclic amines) is 1. The van der Waals surface area contributed by atoms with Crippen molar-refractivity contribution in [3.63, 3.8) is 0 Å². The van der Waals surface area contributed by atoms with Crippen molar-refractivity contribution in [2.75, 3.05) is 18.8 Å². The monoisotopic (exact) mass is 282 g/mol. The maximum absolute atomic E-state index is 12.2. The normalized spacial score (nSPS) is 23.6. The summed E-state index contributed by atoms with van der Waals surface area (Å²) in [6, 6.07) is 0. The molecule has 1 aliphatic rings. The van der Waals surface area contributed by atoms with Gasteiger partial charge in [-0.15, -0.1) is 5.10 Å². The Morgan fingerprint density at radius 1 is 1.42 bits per heavy atom. The highest BCUT2D eigenvalue weighted by molar-refractivity contribution is 7.99. The number of aryl methyl sites for hydroxylation is 1. The van der Waals surface area contributed by atoms with Gasteiger partial charge in [-0.2, -0.15) is 0 Å². The molecule has 2 rings (SSSR count). The maximum Gasteiger partial charge on any atom is 0.233 e. The van der Waals surface area contributed by atoms with Crippen LogP contribution in [0.4, 0.5) is 0 Å². The van der Waals surface area contributed by atoms with E-state index in [-0.39, 0.29) is 5.91 Å². The number of rotatable bonds is 4. The SMILES string of the molecule is CCc1nc(SCC(=O)N2CC(C)CC(C)C2)n[nH]1. The molecule has 2 heterocycles. The van der Waals surface area contributed by atoms with Crippen molar-refractivity contribution in [2.45, 2.75) is 38.8 Å². The fourth-order valence-electron chi connectivity index (χ4n) is 2.58. The van der Waals surface area contributed by atoms with Gasteiger partial charge in [0, 0.05) is 19.5 Å².